The summed E-state index contributed by atoms with van der Waals surface area (Å²) in [5, 5.41) is 7.27. The summed E-state index contributed by atoms with van der Waals surface area (Å²) in [6, 6.07) is 8.23. The van der Waals surface area contributed by atoms with E-state index in [1.807, 2.05) is 24.1 Å². The Morgan fingerprint density at radius 1 is 1.33 bits per heavy atom. The van der Waals surface area contributed by atoms with Crippen LogP contribution in [0.2, 0.25) is 0 Å². The van der Waals surface area contributed by atoms with Crippen molar-refractivity contribution in [1.29, 1.82) is 0 Å². The maximum absolute atomic E-state index is 13.3. The predicted molar refractivity (Wildman–Crippen MR) is 105 cm³/mol. The maximum Gasteiger partial charge on any atom is 0.239 e. The number of carbonyl (C=O) groups excluding carboxylic acids is 1. The molecule has 0 radical (unpaired) electrons. The molecule has 148 valence electrons. The molecule has 0 spiro atoms. The molecule has 1 amide bonds. The summed E-state index contributed by atoms with van der Waals surface area (Å²) >= 11 is 0. The van der Waals surface area contributed by atoms with Gasteiger partial charge in [-0.2, -0.15) is 0 Å². The van der Waals surface area contributed by atoms with Gasteiger partial charge in [-0.05, 0) is 44.4 Å². The molecular formula is C20H27ClFN3O2. The number of nitrogens with one attached hydrogen (secondary N) is 1. The van der Waals surface area contributed by atoms with Crippen molar-refractivity contribution in [2.75, 3.05) is 20.1 Å². The molecule has 0 aliphatic carbocycles. The number of unbranched alkanes of at least 4 members (excludes halogenated alkanes) is 2. The van der Waals surface area contributed by atoms with E-state index in [9.17, 15) is 9.18 Å². The number of likely N-dealkylation sites (N-methyl/N-ethyl adjacent to an activating group) is 1. The zero-order valence-corrected chi connectivity index (χ0v) is 16.4. The van der Waals surface area contributed by atoms with Crippen LogP contribution in [-0.2, 0) is 11.2 Å². The monoisotopic (exact) mass is 395 g/mol. The van der Waals surface area contributed by atoms with Crippen LogP contribution in [0.15, 0.2) is 34.9 Å². The fourth-order valence-electron chi connectivity index (χ4n) is 3.31. The van der Waals surface area contributed by atoms with Crippen LogP contribution in [0.4, 0.5) is 4.39 Å². The Labute approximate surface area is 165 Å². The molecule has 3 rings (SSSR count). The number of aryl methyl sites for hydroxylation is 1. The van der Waals surface area contributed by atoms with Crippen LogP contribution in [0, 0.1) is 5.82 Å². The van der Waals surface area contributed by atoms with Crippen LogP contribution in [-0.4, -0.2) is 42.1 Å². The van der Waals surface area contributed by atoms with Gasteiger partial charge < -0.3 is 14.7 Å². The molecule has 2 aromatic rings. The molecule has 1 aliphatic heterocycles. The standard InChI is InChI=1S/C20H26FN3O2.ClH/c1-24(20(25)18-10-6-11-22-18)12-4-2-3-9-17-14-19(23-26-17)15-7-5-8-16(21)13-15;/h5,7-8,13-14,18,22H,2-4,6,9-12H2,1H3;1H. The molecule has 1 N–H and O–H groups in total. The SMILES string of the molecule is CN(CCCCCc1cc(-c2cccc(F)c2)no1)C(=O)C1CCCN1.Cl. The summed E-state index contributed by atoms with van der Waals surface area (Å²) in [4.78, 5) is 14.0. The van der Waals surface area contributed by atoms with Crippen molar-refractivity contribution in [1.82, 2.24) is 15.4 Å². The fourth-order valence-corrected chi connectivity index (χ4v) is 3.31. The van der Waals surface area contributed by atoms with Crippen molar-refractivity contribution in [2.45, 2.75) is 44.6 Å². The van der Waals surface area contributed by atoms with Gasteiger partial charge in [0.05, 0.1) is 6.04 Å². The lowest BCUT2D eigenvalue weighted by molar-refractivity contribution is -0.131. The second kappa shape index (κ2) is 10.4. The van der Waals surface area contributed by atoms with Crippen LogP contribution < -0.4 is 5.32 Å². The van der Waals surface area contributed by atoms with E-state index in [1.165, 1.54) is 12.1 Å². The zero-order valence-electron chi connectivity index (χ0n) is 15.6. The van der Waals surface area contributed by atoms with Gasteiger partial charge in [0.1, 0.15) is 17.3 Å². The zero-order chi connectivity index (χ0) is 18.4. The van der Waals surface area contributed by atoms with Gasteiger partial charge in [-0.25, -0.2) is 4.39 Å². The van der Waals surface area contributed by atoms with Crippen molar-refractivity contribution < 1.29 is 13.7 Å². The second-order valence-corrected chi connectivity index (χ2v) is 6.91. The third-order valence-corrected chi connectivity index (χ3v) is 4.83. The minimum absolute atomic E-state index is 0. The Hall–Kier alpha value is -1.92. The van der Waals surface area contributed by atoms with E-state index in [0.717, 1.165) is 62.9 Å². The Morgan fingerprint density at radius 3 is 2.93 bits per heavy atom. The molecule has 1 fully saturated rings. The highest BCUT2D eigenvalue weighted by Crippen LogP contribution is 2.21. The molecule has 1 aliphatic rings. The van der Waals surface area contributed by atoms with Crippen LogP contribution in [0.25, 0.3) is 11.3 Å². The van der Waals surface area contributed by atoms with Crippen LogP contribution in [0.1, 0.15) is 37.9 Å². The summed E-state index contributed by atoms with van der Waals surface area (Å²) in [5.41, 5.74) is 1.38. The normalized spacial score (nSPS) is 16.1. The van der Waals surface area contributed by atoms with E-state index in [4.69, 9.17) is 4.52 Å². The van der Waals surface area contributed by atoms with E-state index in [1.54, 1.807) is 6.07 Å². The molecule has 1 aromatic heterocycles. The molecule has 1 saturated heterocycles. The second-order valence-electron chi connectivity index (χ2n) is 6.91. The number of amides is 1. The largest absolute Gasteiger partial charge is 0.361 e. The van der Waals surface area contributed by atoms with Gasteiger partial charge in [0, 0.05) is 31.6 Å². The quantitative estimate of drug-likeness (QED) is 0.690. The van der Waals surface area contributed by atoms with Gasteiger partial charge in [-0.15, -0.1) is 12.4 Å². The molecular weight excluding hydrogens is 369 g/mol. The first-order chi connectivity index (χ1) is 12.6. The lowest BCUT2D eigenvalue weighted by atomic mass is 10.1. The topological polar surface area (TPSA) is 58.4 Å². The van der Waals surface area contributed by atoms with Gasteiger partial charge in [-0.1, -0.05) is 23.7 Å². The molecule has 0 bridgehead atoms. The smallest absolute Gasteiger partial charge is 0.239 e. The van der Waals surface area contributed by atoms with Gasteiger partial charge in [0.15, 0.2) is 0 Å². The molecule has 5 nitrogen and oxygen atoms in total. The van der Waals surface area contributed by atoms with Crippen LogP contribution in [0.3, 0.4) is 0 Å². The molecule has 1 unspecified atom stereocenters. The first kappa shape index (κ1) is 21.4. The van der Waals surface area contributed by atoms with Crippen molar-refractivity contribution in [3.63, 3.8) is 0 Å². The first-order valence-electron chi connectivity index (χ1n) is 9.33. The number of rotatable bonds is 8. The summed E-state index contributed by atoms with van der Waals surface area (Å²) in [7, 11) is 1.88. The minimum atomic E-state index is -0.279. The maximum atomic E-state index is 13.3. The highest BCUT2D eigenvalue weighted by molar-refractivity contribution is 5.85. The Kier molecular flexibility index (Phi) is 8.25. The lowest BCUT2D eigenvalue weighted by Crippen LogP contribution is -2.41. The number of aromatic nitrogens is 1. The van der Waals surface area contributed by atoms with Gasteiger partial charge >= 0.3 is 0 Å². The number of hydrogen-bond acceptors (Lipinski definition) is 4. The first-order valence-corrected chi connectivity index (χ1v) is 9.33. The Balaban J connectivity index is 0.00000261. The molecule has 1 atom stereocenters. The molecule has 1 aromatic carbocycles. The van der Waals surface area contributed by atoms with E-state index < -0.39 is 0 Å². The van der Waals surface area contributed by atoms with Crippen molar-refractivity contribution in [3.8, 4) is 11.3 Å². The third-order valence-electron chi connectivity index (χ3n) is 4.83. The van der Waals surface area contributed by atoms with Crippen LogP contribution in [0.5, 0.6) is 0 Å². The highest BCUT2D eigenvalue weighted by atomic mass is 35.5. The Morgan fingerprint density at radius 2 is 2.19 bits per heavy atom. The number of nitrogens with zero attached hydrogens (tertiary/aromatic N) is 2. The number of benzene rings is 1. The van der Waals surface area contributed by atoms with E-state index in [2.05, 4.69) is 10.5 Å². The van der Waals surface area contributed by atoms with Crippen LogP contribution >= 0.6 is 12.4 Å². The Bertz CT molecular complexity index is 732. The average Bonchev–Trinajstić information content (AvgIpc) is 3.32. The highest BCUT2D eigenvalue weighted by Gasteiger charge is 2.24. The summed E-state index contributed by atoms with van der Waals surface area (Å²) in [5.74, 6) is 0.736. The minimum Gasteiger partial charge on any atom is -0.361 e. The van der Waals surface area contributed by atoms with Crippen molar-refractivity contribution in [2.24, 2.45) is 0 Å². The van der Waals surface area contributed by atoms with E-state index in [-0.39, 0.29) is 30.2 Å². The van der Waals surface area contributed by atoms with Gasteiger partial charge in [-0.3, -0.25) is 4.79 Å². The van der Waals surface area contributed by atoms with E-state index in [0.29, 0.717) is 5.69 Å². The molecule has 0 saturated carbocycles. The van der Waals surface area contributed by atoms with Crippen molar-refractivity contribution in [3.05, 3.63) is 41.9 Å². The summed E-state index contributed by atoms with van der Waals surface area (Å²) < 4.78 is 18.6. The molecule has 27 heavy (non-hydrogen) atoms. The summed E-state index contributed by atoms with van der Waals surface area (Å²) in [6.45, 7) is 1.72. The van der Waals surface area contributed by atoms with Crippen molar-refractivity contribution >= 4 is 18.3 Å². The predicted octanol–water partition coefficient (Wildman–Crippen LogP) is 3.83. The molecule has 7 heteroatoms. The number of halogens is 2. The fraction of sp³-hybridized carbons (Fsp3) is 0.500. The average molecular weight is 396 g/mol. The summed E-state index contributed by atoms with van der Waals surface area (Å²) in [6.07, 6.45) is 5.79. The number of hydrogen-bond donors (Lipinski definition) is 1. The van der Waals surface area contributed by atoms with Gasteiger partial charge in [0.25, 0.3) is 0 Å². The molecule has 2 heterocycles. The third kappa shape index (κ3) is 6.04. The lowest BCUT2D eigenvalue weighted by Gasteiger charge is -2.21. The number of carbonyl (C=O) groups is 1. The van der Waals surface area contributed by atoms with Gasteiger partial charge in [0.2, 0.25) is 5.91 Å². The van der Waals surface area contributed by atoms with E-state index >= 15 is 0 Å².